The number of aryl methyl sites for hydroxylation is 1. The summed E-state index contributed by atoms with van der Waals surface area (Å²) in [6, 6.07) is 13.2. The van der Waals surface area contributed by atoms with Crippen LogP contribution < -0.4 is 5.32 Å². The lowest BCUT2D eigenvalue weighted by Crippen LogP contribution is -2.51. The van der Waals surface area contributed by atoms with Crippen molar-refractivity contribution in [1.82, 2.24) is 10.2 Å². The van der Waals surface area contributed by atoms with Gasteiger partial charge in [0.1, 0.15) is 6.04 Å². The minimum absolute atomic E-state index is 0.0704. The van der Waals surface area contributed by atoms with Crippen molar-refractivity contribution in [3.8, 4) is 0 Å². The van der Waals surface area contributed by atoms with Crippen LogP contribution in [0.4, 0.5) is 0 Å². The quantitative estimate of drug-likeness (QED) is 0.367. The van der Waals surface area contributed by atoms with E-state index in [2.05, 4.69) is 36.5 Å². The number of thioether (sulfide) groups is 1. The van der Waals surface area contributed by atoms with Gasteiger partial charge in [-0.25, -0.2) is 0 Å². The molecule has 1 aliphatic carbocycles. The molecule has 0 heterocycles. The van der Waals surface area contributed by atoms with E-state index in [4.69, 9.17) is 23.2 Å². The molecule has 0 saturated heterocycles. The second-order valence-electron chi connectivity index (χ2n) is 8.55. The number of nitrogens with one attached hydrogen (secondary N) is 1. The normalized spacial score (nSPS) is 14.8. The van der Waals surface area contributed by atoms with Crippen molar-refractivity contribution in [2.75, 3.05) is 5.75 Å². The Hall–Kier alpha value is -1.69. The van der Waals surface area contributed by atoms with Crippen molar-refractivity contribution in [1.29, 1.82) is 0 Å². The molecule has 2 aromatic carbocycles. The third-order valence-corrected chi connectivity index (χ3v) is 7.81. The van der Waals surface area contributed by atoms with Gasteiger partial charge in [-0.2, -0.15) is 0 Å². The molecule has 0 radical (unpaired) electrons. The van der Waals surface area contributed by atoms with Crippen molar-refractivity contribution in [2.45, 2.75) is 75.9 Å². The molecule has 0 aliphatic heterocycles. The van der Waals surface area contributed by atoms with Gasteiger partial charge in [0, 0.05) is 45.3 Å². The molecule has 1 saturated carbocycles. The smallest absolute Gasteiger partial charge is 0.243 e. The highest BCUT2D eigenvalue weighted by Gasteiger charge is 2.31. The van der Waals surface area contributed by atoms with Gasteiger partial charge in [0.05, 0.1) is 0 Å². The number of nitrogens with zero attached hydrogens (tertiary/aromatic N) is 1. The van der Waals surface area contributed by atoms with E-state index < -0.39 is 6.04 Å². The number of hydrogen-bond donors (Lipinski definition) is 1. The molecule has 2 amide bonds. The van der Waals surface area contributed by atoms with E-state index in [0.29, 0.717) is 34.2 Å². The molecule has 1 N–H and O–H groups in total. The topological polar surface area (TPSA) is 49.4 Å². The first kappa shape index (κ1) is 25.9. The zero-order valence-corrected chi connectivity index (χ0v) is 21.6. The monoisotopic (exact) mass is 506 g/mol. The Morgan fingerprint density at radius 2 is 1.73 bits per heavy atom. The molecule has 0 bridgehead atoms. The highest BCUT2D eigenvalue weighted by atomic mass is 35.5. The summed E-state index contributed by atoms with van der Waals surface area (Å²) in [5.74, 6) is 0.473. The Balaban J connectivity index is 1.74. The third kappa shape index (κ3) is 7.40. The molecule has 0 aromatic heterocycles. The van der Waals surface area contributed by atoms with Crippen LogP contribution in [0.5, 0.6) is 0 Å². The molecular weight excluding hydrogens is 475 g/mol. The molecule has 7 heteroatoms. The van der Waals surface area contributed by atoms with Gasteiger partial charge in [0.2, 0.25) is 11.8 Å². The van der Waals surface area contributed by atoms with Crippen molar-refractivity contribution < 1.29 is 9.59 Å². The first-order valence-corrected chi connectivity index (χ1v) is 13.4. The van der Waals surface area contributed by atoms with Gasteiger partial charge in [0.15, 0.2) is 0 Å². The summed E-state index contributed by atoms with van der Waals surface area (Å²) in [6.45, 7) is 4.20. The van der Waals surface area contributed by atoms with Crippen molar-refractivity contribution in [3.05, 3.63) is 63.6 Å². The maximum atomic E-state index is 13.4. The minimum Gasteiger partial charge on any atom is -0.352 e. The first-order valence-electron chi connectivity index (χ1n) is 11.6. The summed E-state index contributed by atoms with van der Waals surface area (Å²) in [7, 11) is 0. The van der Waals surface area contributed by atoms with Crippen molar-refractivity contribution in [3.63, 3.8) is 0 Å². The predicted octanol–water partition coefficient (Wildman–Crippen LogP) is 6.65. The summed E-state index contributed by atoms with van der Waals surface area (Å²) >= 11 is 14.5. The van der Waals surface area contributed by atoms with Gasteiger partial charge >= 0.3 is 0 Å². The molecule has 1 atom stereocenters. The first-order chi connectivity index (χ1) is 15.9. The van der Waals surface area contributed by atoms with Crippen LogP contribution in [0.15, 0.2) is 47.4 Å². The van der Waals surface area contributed by atoms with E-state index in [-0.39, 0.29) is 24.4 Å². The zero-order chi connectivity index (χ0) is 23.8. The second kappa shape index (κ2) is 12.7. The van der Waals surface area contributed by atoms with Crippen LogP contribution in [0.3, 0.4) is 0 Å². The maximum Gasteiger partial charge on any atom is 0.243 e. The highest BCUT2D eigenvalue weighted by molar-refractivity contribution is 7.99. The van der Waals surface area contributed by atoms with E-state index in [0.717, 1.165) is 30.6 Å². The van der Waals surface area contributed by atoms with Crippen LogP contribution in [-0.4, -0.2) is 34.6 Å². The number of rotatable bonds is 10. The Bertz CT molecular complexity index is 926. The molecule has 33 heavy (non-hydrogen) atoms. The maximum absolute atomic E-state index is 13.4. The number of hydrogen-bond acceptors (Lipinski definition) is 3. The van der Waals surface area contributed by atoms with Gasteiger partial charge in [-0.05, 0) is 50.5 Å². The highest BCUT2D eigenvalue weighted by Crippen LogP contribution is 2.28. The van der Waals surface area contributed by atoms with Crippen LogP contribution in [0.1, 0.15) is 56.6 Å². The SMILES string of the molecule is CC[C@@H](C(=O)NC1CCCC1)N(Cc1c(Cl)cccc1Cl)C(=O)CCSc1ccc(C)cc1. The summed E-state index contributed by atoms with van der Waals surface area (Å²) in [5.41, 5.74) is 1.88. The van der Waals surface area contributed by atoms with E-state index in [1.165, 1.54) is 5.56 Å². The zero-order valence-electron chi connectivity index (χ0n) is 19.3. The number of halogens is 2. The van der Waals surface area contributed by atoms with Crippen molar-refractivity contribution >= 4 is 46.8 Å². The molecule has 1 fully saturated rings. The Morgan fingerprint density at radius 1 is 1.09 bits per heavy atom. The summed E-state index contributed by atoms with van der Waals surface area (Å²) < 4.78 is 0. The van der Waals surface area contributed by atoms with Crippen molar-refractivity contribution in [2.24, 2.45) is 0 Å². The molecule has 3 rings (SSSR count). The summed E-state index contributed by atoms with van der Waals surface area (Å²) in [5, 5.41) is 4.16. The van der Waals surface area contributed by atoms with Crippen LogP contribution in [0, 0.1) is 6.92 Å². The van der Waals surface area contributed by atoms with Crippen LogP contribution in [0.25, 0.3) is 0 Å². The average molecular weight is 508 g/mol. The fraction of sp³-hybridized carbons (Fsp3) is 0.462. The van der Waals surface area contributed by atoms with Gasteiger partial charge in [-0.15, -0.1) is 11.8 Å². The molecule has 0 spiro atoms. The standard InChI is InChI=1S/C26H32Cl2N2O2S/c1-3-24(26(32)29-19-7-4-5-8-19)30(17-21-22(27)9-6-10-23(21)28)25(31)15-16-33-20-13-11-18(2)12-14-20/h6,9-14,19,24H,3-5,7-8,15-17H2,1-2H3,(H,29,32)/t24-/m0/s1. The van der Waals surface area contributed by atoms with Crippen LogP contribution in [0.2, 0.25) is 10.0 Å². The molecule has 4 nitrogen and oxygen atoms in total. The minimum atomic E-state index is -0.560. The van der Waals surface area contributed by atoms with Gasteiger partial charge in [0.25, 0.3) is 0 Å². The van der Waals surface area contributed by atoms with Gasteiger partial charge in [-0.1, -0.05) is 66.7 Å². The van der Waals surface area contributed by atoms with Crippen LogP contribution >= 0.6 is 35.0 Å². The molecule has 2 aromatic rings. The molecule has 0 unspecified atom stereocenters. The van der Waals surface area contributed by atoms with Gasteiger partial charge < -0.3 is 10.2 Å². The number of carbonyl (C=O) groups is 2. The lowest BCUT2D eigenvalue weighted by Gasteiger charge is -2.32. The van der Waals surface area contributed by atoms with E-state index in [9.17, 15) is 9.59 Å². The molecular formula is C26H32Cl2N2O2S. The Labute approximate surface area is 211 Å². The second-order valence-corrected chi connectivity index (χ2v) is 10.5. The average Bonchev–Trinajstić information content (AvgIpc) is 3.30. The number of amides is 2. The molecule has 1 aliphatic rings. The van der Waals surface area contributed by atoms with Crippen LogP contribution in [-0.2, 0) is 16.1 Å². The fourth-order valence-electron chi connectivity index (χ4n) is 4.18. The van der Waals surface area contributed by atoms with E-state index >= 15 is 0 Å². The van der Waals surface area contributed by atoms with Gasteiger partial charge in [-0.3, -0.25) is 9.59 Å². The number of benzene rings is 2. The summed E-state index contributed by atoms with van der Waals surface area (Å²) in [6.07, 6.45) is 5.12. The largest absolute Gasteiger partial charge is 0.352 e. The lowest BCUT2D eigenvalue weighted by atomic mass is 10.1. The Kier molecular flexibility index (Phi) is 9.96. The Morgan fingerprint density at radius 3 is 2.33 bits per heavy atom. The fourth-order valence-corrected chi connectivity index (χ4v) is 5.53. The third-order valence-electron chi connectivity index (χ3n) is 6.08. The number of carbonyl (C=O) groups excluding carboxylic acids is 2. The van der Waals surface area contributed by atoms with E-state index in [1.807, 2.05) is 6.92 Å². The predicted molar refractivity (Wildman–Crippen MR) is 138 cm³/mol. The molecule has 178 valence electrons. The lowest BCUT2D eigenvalue weighted by molar-refractivity contribution is -0.141. The van der Waals surface area contributed by atoms with E-state index in [1.54, 1.807) is 34.9 Å². The summed E-state index contributed by atoms with van der Waals surface area (Å²) in [4.78, 5) is 29.4.